The number of fused-ring (bicyclic) bond motifs is 1. The molecule has 1 heterocycles. The van der Waals surface area contributed by atoms with Crippen LogP contribution < -0.4 is 16.2 Å². The second-order valence-electron chi connectivity index (χ2n) is 6.44. The van der Waals surface area contributed by atoms with Gasteiger partial charge in [-0.05, 0) is 37.5 Å². The van der Waals surface area contributed by atoms with E-state index in [-0.39, 0.29) is 5.91 Å². The van der Waals surface area contributed by atoms with Gasteiger partial charge >= 0.3 is 5.91 Å². The van der Waals surface area contributed by atoms with Gasteiger partial charge in [0.05, 0.1) is 0 Å². The fourth-order valence-electron chi connectivity index (χ4n) is 2.72. The zero-order valence-corrected chi connectivity index (χ0v) is 16.0. The number of thiocarbonyl (C=S) groups is 1. The van der Waals surface area contributed by atoms with Crippen LogP contribution in [0.25, 0.3) is 11.0 Å². The normalized spacial score (nSPS) is 12.0. The predicted octanol–water partition coefficient (Wildman–Crippen LogP) is 4.07. The van der Waals surface area contributed by atoms with Gasteiger partial charge < -0.3 is 9.73 Å². The Morgan fingerprint density at radius 2 is 2.00 bits per heavy atom. The van der Waals surface area contributed by atoms with E-state index in [1.807, 2.05) is 31.2 Å². The van der Waals surface area contributed by atoms with E-state index < -0.39 is 0 Å². The summed E-state index contributed by atoms with van der Waals surface area (Å²) < 4.78 is 5.63. The van der Waals surface area contributed by atoms with Gasteiger partial charge in [-0.15, -0.1) is 0 Å². The highest BCUT2D eigenvalue weighted by molar-refractivity contribution is 7.80. The highest BCUT2D eigenvalue weighted by Gasteiger charge is 2.17. The van der Waals surface area contributed by atoms with Crippen molar-refractivity contribution >= 4 is 34.2 Å². The maximum atomic E-state index is 12.3. The van der Waals surface area contributed by atoms with Crippen LogP contribution in [0.15, 0.2) is 28.7 Å². The number of benzene rings is 1. The largest absolute Gasteiger partial charge is 0.451 e. The second-order valence-corrected chi connectivity index (χ2v) is 6.85. The van der Waals surface area contributed by atoms with Gasteiger partial charge in [-0.3, -0.25) is 15.6 Å². The Bertz CT molecular complexity index is 727. The van der Waals surface area contributed by atoms with Crippen molar-refractivity contribution in [2.75, 3.05) is 6.54 Å². The first kappa shape index (κ1) is 19.2. The number of hydrogen-bond donors (Lipinski definition) is 3. The molecule has 0 saturated heterocycles. The monoisotopic (exact) mass is 361 g/mol. The number of furan rings is 1. The number of hydrazine groups is 1. The number of nitrogens with one attached hydrogen (secondary N) is 3. The molecule has 0 fully saturated rings. The number of para-hydroxylation sites is 1. The Labute approximate surface area is 154 Å². The Morgan fingerprint density at radius 3 is 2.72 bits per heavy atom. The van der Waals surface area contributed by atoms with E-state index in [1.165, 1.54) is 25.7 Å². The van der Waals surface area contributed by atoms with Crippen molar-refractivity contribution in [1.82, 2.24) is 16.2 Å². The summed E-state index contributed by atoms with van der Waals surface area (Å²) in [4.78, 5) is 12.3. The molecule has 136 valence electrons. The average molecular weight is 362 g/mol. The first-order chi connectivity index (χ1) is 12.0. The minimum Gasteiger partial charge on any atom is -0.451 e. The Morgan fingerprint density at radius 1 is 1.24 bits per heavy atom. The molecule has 2 aromatic rings. The number of rotatable bonds is 7. The number of amides is 1. The van der Waals surface area contributed by atoms with Crippen LogP contribution in [-0.2, 0) is 0 Å². The van der Waals surface area contributed by atoms with E-state index in [2.05, 4.69) is 30.0 Å². The summed E-state index contributed by atoms with van der Waals surface area (Å²) in [5.41, 5.74) is 6.84. The van der Waals surface area contributed by atoms with Crippen LogP contribution in [0.4, 0.5) is 0 Å². The maximum absolute atomic E-state index is 12.3. The van der Waals surface area contributed by atoms with E-state index in [0.717, 1.165) is 17.5 Å². The summed E-state index contributed by atoms with van der Waals surface area (Å²) in [5, 5.41) is 4.48. The van der Waals surface area contributed by atoms with E-state index in [9.17, 15) is 4.79 Å². The first-order valence-corrected chi connectivity index (χ1v) is 9.26. The molecule has 1 amide bonds. The Hall–Kier alpha value is -2.08. The number of unbranched alkanes of at least 4 members (excludes halogenated alkanes) is 2. The molecule has 3 N–H and O–H groups in total. The molecule has 0 aliphatic carbocycles. The quantitative estimate of drug-likeness (QED) is 0.394. The predicted molar refractivity (Wildman–Crippen MR) is 105 cm³/mol. The Kier molecular flexibility index (Phi) is 7.25. The van der Waals surface area contributed by atoms with Crippen molar-refractivity contribution < 1.29 is 9.21 Å². The third-order valence-corrected chi connectivity index (χ3v) is 4.50. The highest BCUT2D eigenvalue weighted by Crippen LogP contribution is 2.24. The molecule has 0 aliphatic rings. The SMILES string of the molecule is CCCCC[C@@H](C)CNC(=S)NNC(=O)c1oc2ccccc2c1C. The molecule has 0 unspecified atom stereocenters. The molecule has 6 heteroatoms. The molecule has 1 atom stereocenters. The van der Waals surface area contributed by atoms with Gasteiger partial charge in [0.25, 0.3) is 0 Å². The van der Waals surface area contributed by atoms with Crippen molar-refractivity contribution in [2.24, 2.45) is 5.92 Å². The standard InChI is InChI=1S/C19H27N3O2S/c1-4-5-6-9-13(2)12-20-19(25)22-21-18(23)17-14(3)15-10-7-8-11-16(15)24-17/h7-8,10-11,13H,4-6,9,12H2,1-3H3,(H,21,23)(H2,20,22,25)/t13-/m1/s1. The van der Waals surface area contributed by atoms with E-state index in [4.69, 9.17) is 16.6 Å². The molecule has 0 spiro atoms. The lowest BCUT2D eigenvalue weighted by Crippen LogP contribution is -2.47. The zero-order chi connectivity index (χ0) is 18.2. The van der Waals surface area contributed by atoms with Crippen LogP contribution in [0.2, 0.25) is 0 Å². The van der Waals surface area contributed by atoms with Crippen LogP contribution in [0.5, 0.6) is 0 Å². The zero-order valence-electron chi connectivity index (χ0n) is 15.1. The van der Waals surface area contributed by atoms with Crippen molar-refractivity contribution in [3.8, 4) is 0 Å². The summed E-state index contributed by atoms with van der Waals surface area (Å²) in [7, 11) is 0. The van der Waals surface area contributed by atoms with E-state index in [0.29, 0.717) is 22.4 Å². The fourth-order valence-corrected chi connectivity index (χ4v) is 2.85. The Balaban J connectivity index is 1.79. The number of carbonyl (C=O) groups excluding carboxylic acids is 1. The minimum absolute atomic E-state index is 0.296. The fraction of sp³-hybridized carbons (Fsp3) is 0.474. The van der Waals surface area contributed by atoms with Crippen LogP contribution in [0, 0.1) is 12.8 Å². The van der Waals surface area contributed by atoms with Crippen molar-refractivity contribution in [3.05, 3.63) is 35.6 Å². The number of aryl methyl sites for hydroxylation is 1. The van der Waals surface area contributed by atoms with Crippen LogP contribution >= 0.6 is 12.2 Å². The molecule has 1 aromatic heterocycles. The number of hydrogen-bond acceptors (Lipinski definition) is 3. The van der Waals surface area contributed by atoms with Crippen LogP contribution in [-0.4, -0.2) is 17.6 Å². The molecule has 0 bridgehead atoms. The summed E-state index contributed by atoms with van der Waals surface area (Å²) in [5.74, 6) is 0.498. The topological polar surface area (TPSA) is 66.3 Å². The van der Waals surface area contributed by atoms with Gasteiger partial charge in [0, 0.05) is 17.5 Å². The van der Waals surface area contributed by atoms with E-state index in [1.54, 1.807) is 0 Å². The molecule has 25 heavy (non-hydrogen) atoms. The van der Waals surface area contributed by atoms with Crippen molar-refractivity contribution in [3.63, 3.8) is 0 Å². The first-order valence-electron chi connectivity index (χ1n) is 8.85. The summed E-state index contributed by atoms with van der Waals surface area (Å²) in [6.07, 6.45) is 4.91. The van der Waals surface area contributed by atoms with Gasteiger partial charge in [-0.1, -0.05) is 51.3 Å². The van der Waals surface area contributed by atoms with Crippen LogP contribution in [0.3, 0.4) is 0 Å². The lowest BCUT2D eigenvalue weighted by atomic mass is 10.0. The summed E-state index contributed by atoms with van der Waals surface area (Å²) in [6.45, 7) is 7.06. The van der Waals surface area contributed by atoms with Gasteiger partial charge in [0.15, 0.2) is 10.9 Å². The van der Waals surface area contributed by atoms with Gasteiger partial charge in [0.1, 0.15) is 5.58 Å². The van der Waals surface area contributed by atoms with E-state index >= 15 is 0 Å². The van der Waals surface area contributed by atoms with Crippen molar-refractivity contribution in [2.45, 2.75) is 46.5 Å². The molecule has 1 aromatic carbocycles. The summed E-state index contributed by atoms with van der Waals surface area (Å²) in [6, 6.07) is 7.58. The second kappa shape index (κ2) is 9.42. The number of carbonyl (C=O) groups is 1. The van der Waals surface area contributed by atoms with Crippen molar-refractivity contribution in [1.29, 1.82) is 0 Å². The highest BCUT2D eigenvalue weighted by atomic mass is 32.1. The smallest absolute Gasteiger partial charge is 0.305 e. The third-order valence-electron chi connectivity index (χ3n) is 4.25. The maximum Gasteiger partial charge on any atom is 0.305 e. The average Bonchev–Trinajstić information content (AvgIpc) is 2.95. The lowest BCUT2D eigenvalue weighted by Gasteiger charge is -2.15. The van der Waals surface area contributed by atoms with Gasteiger partial charge in [-0.2, -0.15) is 0 Å². The molecule has 0 radical (unpaired) electrons. The van der Waals surface area contributed by atoms with Gasteiger partial charge in [-0.25, -0.2) is 0 Å². The minimum atomic E-state index is -0.339. The molecule has 0 aliphatic heterocycles. The molecule has 0 saturated carbocycles. The lowest BCUT2D eigenvalue weighted by molar-refractivity contribution is 0.0917. The van der Waals surface area contributed by atoms with Gasteiger partial charge in [0.2, 0.25) is 0 Å². The molecular formula is C19H27N3O2S. The summed E-state index contributed by atoms with van der Waals surface area (Å²) >= 11 is 5.21. The molecule has 5 nitrogen and oxygen atoms in total. The molecular weight excluding hydrogens is 334 g/mol. The van der Waals surface area contributed by atoms with Crippen LogP contribution in [0.1, 0.15) is 55.6 Å². The molecule has 2 rings (SSSR count). The third kappa shape index (κ3) is 5.46.